The number of aliphatic imine (C=N–C) groups is 1. The summed E-state index contributed by atoms with van der Waals surface area (Å²) in [6.45, 7) is 6.38. The lowest BCUT2D eigenvalue weighted by Gasteiger charge is -2.21. The molecule has 0 aromatic heterocycles. The highest BCUT2D eigenvalue weighted by Crippen LogP contribution is 2.36. The lowest BCUT2D eigenvalue weighted by molar-refractivity contribution is 0.275. The van der Waals surface area contributed by atoms with E-state index in [1.54, 1.807) is 14.2 Å². The van der Waals surface area contributed by atoms with Crippen LogP contribution in [0.2, 0.25) is 0 Å². The van der Waals surface area contributed by atoms with Crippen molar-refractivity contribution >= 4 is 21.6 Å². The van der Waals surface area contributed by atoms with Crippen molar-refractivity contribution < 1.29 is 9.47 Å². The molecular formula is C16H23BrN2O2. The zero-order chi connectivity index (χ0) is 15.4. The van der Waals surface area contributed by atoms with Crippen molar-refractivity contribution in [1.29, 1.82) is 0 Å². The predicted molar refractivity (Wildman–Crippen MR) is 89.7 cm³/mol. The zero-order valence-corrected chi connectivity index (χ0v) is 14.7. The van der Waals surface area contributed by atoms with Gasteiger partial charge >= 0.3 is 0 Å². The largest absolute Gasteiger partial charge is 0.496 e. The number of hydrogen-bond acceptors (Lipinski definition) is 4. The second-order valence-corrected chi connectivity index (χ2v) is 5.98. The van der Waals surface area contributed by atoms with E-state index >= 15 is 0 Å². The average molecular weight is 355 g/mol. The Labute approximate surface area is 135 Å². The van der Waals surface area contributed by atoms with Gasteiger partial charge in [0.2, 0.25) is 0 Å². The molecular weight excluding hydrogens is 332 g/mol. The van der Waals surface area contributed by atoms with Crippen LogP contribution in [0.25, 0.3) is 0 Å². The topological polar surface area (TPSA) is 34.1 Å². The fraction of sp³-hybridized carbons (Fsp3) is 0.562. The molecule has 4 nitrogen and oxygen atoms in total. The lowest BCUT2D eigenvalue weighted by Crippen LogP contribution is -2.28. The highest BCUT2D eigenvalue weighted by molar-refractivity contribution is 9.10. The molecule has 0 saturated carbocycles. The monoisotopic (exact) mass is 354 g/mol. The standard InChI is InChI=1S/C16H23BrN2O2/c1-5-19-10-6-7-14(19)18-11(2)15-13(20-3)9-8-12(17)16(15)21-4/h8-9,14H,5-7,10H2,1-4H3/b18-11+. The number of benzene rings is 1. The number of likely N-dealkylation sites (tertiary alicyclic amines) is 1. The Balaban J connectivity index is 2.42. The van der Waals surface area contributed by atoms with Gasteiger partial charge in [0.1, 0.15) is 17.7 Å². The van der Waals surface area contributed by atoms with Crippen LogP contribution in [0.4, 0.5) is 0 Å². The van der Waals surface area contributed by atoms with Crippen LogP contribution < -0.4 is 9.47 Å². The van der Waals surface area contributed by atoms with Gasteiger partial charge in [-0.3, -0.25) is 9.89 Å². The molecule has 2 rings (SSSR count). The van der Waals surface area contributed by atoms with Gasteiger partial charge in [0.15, 0.2) is 0 Å². The Morgan fingerprint density at radius 2 is 2.14 bits per heavy atom. The predicted octanol–water partition coefficient (Wildman–Crippen LogP) is 3.72. The molecule has 1 aromatic rings. The number of methoxy groups -OCH3 is 2. The average Bonchev–Trinajstić information content (AvgIpc) is 2.93. The van der Waals surface area contributed by atoms with Crippen LogP contribution in [-0.2, 0) is 0 Å². The molecule has 1 fully saturated rings. The summed E-state index contributed by atoms with van der Waals surface area (Å²) in [6.07, 6.45) is 2.59. The summed E-state index contributed by atoms with van der Waals surface area (Å²) in [5.41, 5.74) is 1.88. The van der Waals surface area contributed by atoms with Crippen LogP contribution in [0.3, 0.4) is 0 Å². The first-order chi connectivity index (χ1) is 10.1. The highest BCUT2D eigenvalue weighted by atomic mass is 79.9. The molecule has 1 aliphatic rings. The van der Waals surface area contributed by atoms with E-state index < -0.39 is 0 Å². The Bertz CT molecular complexity index is 531. The zero-order valence-electron chi connectivity index (χ0n) is 13.1. The molecule has 0 N–H and O–H groups in total. The van der Waals surface area contributed by atoms with Crippen molar-refractivity contribution in [1.82, 2.24) is 4.90 Å². The van der Waals surface area contributed by atoms with Gasteiger partial charge in [0.05, 0.1) is 24.3 Å². The molecule has 0 amide bonds. The molecule has 0 radical (unpaired) electrons. The normalized spacial score (nSPS) is 19.9. The van der Waals surface area contributed by atoms with E-state index in [2.05, 4.69) is 27.8 Å². The molecule has 1 unspecified atom stereocenters. The fourth-order valence-electron chi connectivity index (χ4n) is 2.86. The third-order valence-corrected chi connectivity index (χ3v) is 4.56. The summed E-state index contributed by atoms with van der Waals surface area (Å²) >= 11 is 3.53. The molecule has 0 aliphatic carbocycles. The van der Waals surface area contributed by atoms with E-state index in [0.717, 1.165) is 46.8 Å². The quantitative estimate of drug-likeness (QED) is 0.755. The van der Waals surface area contributed by atoms with Crippen LogP contribution in [0.5, 0.6) is 11.5 Å². The third-order valence-electron chi connectivity index (χ3n) is 3.94. The molecule has 116 valence electrons. The van der Waals surface area contributed by atoms with Gasteiger partial charge in [0, 0.05) is 12.3 Å². The first kappa shape index (κ1) is 16.3. The van der Waals surface area contributed by atoms with Gasteiger partial charge in [-0.2, -0.15) is 0 Å². The maximum atomic E-state index is 5.54. The summed E-state index contributed by atoms with van der Waals surface area (Å²) in [5, 5.41) is 0. The van der Waals surface area contributed by atoms with Crippen molar-refractivity contribution in [2.45, 2.75) is 32.9 Å². The minimum Gasteiger partial charge on any atom is -0.496 e. The van der Waals surface area contributed by atoms with Crippen LogP contribution in [0.1, 0.15) is 32.3 Å². The summed E-state index contributed by atoms with van der Waals surface area (Å²) in [5.74, 6) is 1.56. The van der Waals surface area contributed by atoms with Crippen LogP contribution >= 0.6 is 15.9 Å². The maximum absolute atomic E-state index is 5.54. The molecule has 1 aliphatic heterocycles. The van der Waals surface area contributed by atoms with E-state index in [4.69, 9.17) is 14.5 Å². The lowest BCUT2D eigenvalue weighted by atomic mass is 10.1. The van der Waals surface area contributed by atoms with Crippen LogP contribution in [-0.4, -0.2) is 44.1 Å². The van der Waals surface area contributed by atoms with Gasteiger partial charge in [-0.05, 0) is 54.4 Å². The van der Waals surface area contributed by atoms with Gasteiger partial charge in [-0.15, -0.1) is 0 Å². The molecule has 1 atom stereocenters. The van der Waals surface area contributed by atoms with Gasteiger partial charge < -0.3 is 9.47 Å². The second kappa shape index (κ2) is 7.27. The van der Waals surface area contributed by atoms with E-state index in [1.807, 2.05) is 19.1 Å². The van der Waals surface area contributed by atoms with E-state index in [0.29, 0.717) is 0 Å². The number of hydrogen-bond donors (Lipinski definition) is 0. The van der Waals surface area contributed by atoms with Gasteiger partial charge in [-0.1, -0.05) is 6.92 Å². The summed E-state index contributed by atoms with van der Waals surface area (Å²) in [4.78, 5) is 7.32. The molecule has 5 heteroatoms. The SMILES string of the molecule is CCN1CCCC1/N=C(\C)c1c(OC)ccc(Br)c1OC. The molecule has 0 spiro atoms. The minimum atomic E-state index is 0.267. The molecule has 0 bridgehead atoms. The third kappa shape index (κ3) is 3.40. The Hall–Kier alpha value is -1.07. The number of ether oxygens (including phenoxy) is 2. The molecule has 1 heterocycles. The van der Waals surface area contributed by atoms with Crippen molar-refractivity contribution in [3.05, 3.63) is 22.2 Å². The molecule has 21 heavy (non-hydrogen) atoms. The van der Waals surface area contributed by atoms with Crippen molar-refractivity contribution in [3.63, 3.8) is 0 Å². The molecule has 1 aromatic carbocycles. The van der Waals surface area contributed by atoms with E-state index in [1.165, 1.54) is 6.42 Å². The fourth-order valence-corrected chi connectivity index (χ4v) is 3.36. The summed E-state index contributed by atoms with van der Waals surface area (Å²) in [7, 11) is 3.34. The minimum absolute atomic E-state index is 0.267. The first-order valence-electron chi connectivity index (χ1n) is 7.31. The smallest absolute Gasteiger partial charge is 0.145 e. The maximum Gasteiger partial charge on any atom is 0.145 e. The van der Waals surface area contributed by atoms with E-state index in [-0.39, 0.29) is 6.17 Å². The summed E-state index contributed by atoms with van der Waals surface area (Å²) in [6, 6.07) is 3.87. The van der Waals surface area contributed by atoms with Crippen molar-refractivity contribution in [2.24, 2.45) is 4.99 Å². The Morgan fingerprint density at radius 1 is 1.38 bits per heavy atom. The van der Waals surface area contributed by atoms with Gasteiger partial charge in [0.25, 0.3) is 0 Å². The van der Waals surface area contributed by atoms with E-state index in [9.17, 15) is 0 Å². The second-order valence-electron chi connectivity index (χ2n) is 5.12. The number of halogens is 1. The number of rotatable bonds is 5. The number of nitrogens with zero attached hydrogens (tertiary/aromatic N) is 2. The van der Waals surface area contributed by atoms with Crippen molar-refractivity contribution in [3.8, 4) is 11.5 Å². The summed E-state index contributed by atoms with van der Waals surface area (Å²) < 4.78 is 11.9. The highest BCUT2D eigenvalue weighted by Gasteiger charge is 2.24. The van der Waals surface area contributed by atoms with Crippen LogP contribution in [0, 0.1) is 0 Å². The molecule has 1 saturated heterocycles. The first-order valence-corrected chi connectivity index (χ1v) is 8.11. The van der Waals surface area contributed by atoms with Crippen molar-refractivity contribution in [2.75, 3.05) is 27.3 Å². The Kier molecular flexibility index (Phi) is 5.65. The van der Waals surface area contributed by atoms with Crippen LogP contribution in [0.15, 0.2) is 21.6 Å². The Morgan fingerprint density at radius 3 is 2.76 bits per heavy atom. The van der Waals surface area contributed by atoms with Gasteiger partial charge in [-0.25, -0.2) is 0 Å².